The second-order valence-corrected chi connectivity index (χ2v) is 6.27. The molecule has 0 saturated carbocycles. The van der Waals surface area contributed by atoms with Gasteiger partial charge in [0.25, 0.3) is 0 Å². The number of halogens is 5. The Morgan fingerprint density at radius 2 is 1.96 bits per heavy atom. The van der Waals surface area contributed by atoms with Gasteiger partial charge in [-0.15, -0.1) is 0 Å². The molecule has 0 N–H and O–H groups in total. The van der Waals surface area contributed by atoms with Gasteiger partial charge in [-0.2, -0.15) is 13.2 Å². The summed E-state index contributed by atoms with van der Waals surface area (Å²) in [7, 11) is 0. The number of hydrogen-bond acceptors (Lipinski definition) is 3. The van der Waals surface area contributed by atoms with Gasteiger partial charge in [0, 0.05) is 6.92 Å². The maximum atomic E-state index is 14.1. The monoisotopic (exact) mass is 388 g/mol. The van der Waals surface area contributed by atoms with Crippen LogP contribution < -0.4 is 4.74 Å². The smallest absolute Gasteiger partial charge is 0.416 e. The van der Waals surface area contributed by atoms with Crippen LogP contribution in [0.4, 0.5) is 17.6 Å². The molecule has 3 nitrogen and oxygen atoms in total. The summed E-state index contributed by atoms with van der Waals surface area (Å²) in [6.07, 6.45) is -3.82. The fourth-order valence-corrected chi connectivity index (χ4v) is 3.11. The zero-order valence-corrected chi connectivity index (χ0v) is 14.2. The lowest BCUT2D eigenvalue weighted by atomic mass is 10.1. The minimum absolute atomic E-state index is 0.184. The molecule has 8 heteroatoms. The SMILES string of the molecule is CC(=O)O[C@@H]1CCc2ccc(Oc3c(F)cc(C(F)(F)F)cc3Cl)cc21. The van der Waals surface area contributed by atoms with E-state index in [1.54, 1.807) is 18.2 Å². The molecule has 0 aromatic heterocycles. The van der Waals surface area contributed by atoms with Crippen LogP contribution >= 0.6 is 11.6 Å². The van der Waals surface area contributed by atoms with E-state index in [2.05, 4.69) is 0 Å². The van der Waals surface area contributed by atoms with Crippen LogP contribution in [0, 0.1) is 5.82 Å². The van der Waals surface area contributed by atoms with Gasteiger partial charge in [0.1, 0.15) is 11.9 Å². The molecule has 1 aliphatic rings. The van der Waals surface area contributed by atoms with Crippen molar-refractivity contribution in [3.05, 3.63) is 57.9 Å². The van der Waals surface area contributed by atoms with Gasteiger partial charge in [0.05, 0.1) is 10.6 Å². The zero-order chi connectivity index (χ0) is 19.1. The molecular weight excluding hydrogens is 376 g/mol. The van der Waals surface area contributed by atoms with Crippen molar-refractivity contribution in [3.63, 3.8) is 0 Å². The molecule has 0 radical (unpaired) electrons. The van der Waals surface area contributed by atoms with Gasteiger partial charge in [-0.05, 0) is 48.2 Å². The molecule has 0 spiro atoms. The third kappa shape index (κ3) is 3.77. The summed E-state index contributed by atoms with van der Waals surface area (Å²) in [5, 5.41) is -0.491. The first-order valence-corrected chi connectivity index (χ1v) is 8.07. The van der Waals surface area contributed by atoms with E-state index in [1.165, 1.54) is 6.92 Å². The number of esters is 1. The quantitative estimate of drug-likeness (QED) is 0.489. The molecule has 0 bridgehead atoms. The summed E-state index contributed by atoms with van der Waals surface area (Å²) in [5.74, 6) is -1.96. The molecule has 1 atom stereocenters. The van der Waals surface area contributed by atoms with Crippen LogP contribution in [-0.2, 0) is 22.1 Å². The number of rotatable bonds is 3. The first-order chi connectivity index (χ1) is 12.1. The average Bonchev–Trinajstić information content (AvgIpc) is 2.91. The van der Waals surface area contributed by atoms with E-state index >= 15 is 0 Å². The summed E-state index contributed by atoms with van der Waals surface area (Å²) in [4.78, 5) is 11.2. The Balaban J connectivity index is 1.90. The molecule has 26 heavy (non-hydrogen) atoms. The fourth-order valence-electron chi connectivity index (χ4n) is 2.87. The Morgan fingerprint density at radius 3 is 2.58 bits per heavy atom. The van der Waals surface area contributed by atoms with Crippen molar-refractivity contribution in [2.24, 2.45) is 0 Å². The molecule has 3 rings (SSSR count). The lowest BCUT2D eigenvalue weighted by molar-refractivity contribution is -0.146. The molecule has 0 heterocycles. The van der Waals surface area contributed by atoms with E-state index in [-0.39, 0.29) is 5.75 Å². The highest BCUT2D eigenvalue weighted by atomic mass is 35.5. The maximum absolute atomic E-state index is 14.1. The number of carbonyl (C=O) groups excluding carboxylic acids is 1. The van der Waals surface area contributed by atoms with E-state index < -0.39 is 40.4 Å². The van der Waals surface area contributed by atoms with Crippen LogP contribution in [0.1, 0.15) is 36.1 Å². The van der Waals surface area contributed by atoms with Crippen molar-refractivity contribution in [2.45, 2.75) is 32.0 Å². The van der Waals surface area contributed by atoms with Crippen LogP contribution in [0.25, 0.3) is 0 Å². The first kappa shape index (κ1) is 18.5. The summed E-state index contributed by atoms with van der Waals surface area (Å²) in [6, 6.07) is 5.81. The molecule has 2 aromatic carbocycles. The molecule has 0 fully saturated rings. The molecule has 0 unspecified atom stereocenters. The van der Waals surface area contributed by atoms with Gasteiger partial charge in [0.2, 0.25) is 0 Å². The van der Waals surface area contributed by atoms with Crippen molar-refractivity contribution in [1.29, 1.82) is 0 Å². The summed E-state index contributed by atoms with van der Waals surface area (Å²) in [6.45, 7) is 1.30. The lowest BCUT2D eigenvalue weighted by Crippen LogP contribution is -2.06. The third-order valence-electron chi connectivity index (χ3n) is 3.99. The van der Waals surface area contributed by atoms with Crippen molar-refractivity contribution in [1.82, 2.24) is 0 Å². The van der Waals surface area contributed by atoms with E-state index in [4.69, 9.17) is 21.1 Å². The number of fused-ring (bicyclic) bond motifs is 1. The standard InChI is InChI=1S/C18H13ClF4O3/c1-9(24)25-16-5-3-10-2-4-12(8-13(10)16)26-17-14(19)6-11(7-15(17)20)18(21,22)23/h2,4,6-8,16H,3,5H2,1H3/t16-/m1/s1. The van der Waals surface area contributed by atoms with Gasteiger partial charge >= 0.3 is 12.1 Å². The molecule has 0 aliphatic heterocycles. The number of alkyl halides is 3. The molecular formula is C18H13ClF4O3. The van der Waals surface area contributed by atoms with Crippen molar-refractivity contribution < 1.29 is 31.8 Å². The Hall–Kier alpha value is -2.28. The van der Waals surface area contributed by atoms with Gasteiger partial charge in [0.15, 0.2) is 11.6 Å². The zero-order valence-electron chi connectivity index (χ0n) is 13.5. The third-order valence-corrected chi connectivity index (χ3v) is 4.27. The van der Waals surface area contributed by atoms with Crippen molar-refractivity contribution in [3.8, 4) is 11.5 Å². The summed E-state index contributed by atoms with van der Waals surface area (Å²) >= 11 is 5.77. The summed E-state index contributed by atoms with van der Waals surface area (Å²) < 4.78 is 62.8. The number of aryl methyl sites for hydroxylation is 1. The lowest BCUT2D eigenvalue weighted by Gasteiger charge is -2.15. The number of hydrogen-bond donors (Lipinski definition) is 0. The molecule has 0 saturated heterocycles. The molecule has 2 aromatic rings. The number of carbonyl (C=O) groups is 1. The Morgan fingerprint density at radius 1 is 1.23 bits per heavy atom. The predicted molar refractivity (Wildman–Crippen MR) is 85.8 cm³/mol. The van der Waals surface area contributed by atoms with Crippen molar-refractivity contribution >= 4 is 17.6 Å². The van der Waals surface area contributed by atoms with Crippen LogP contribution in [0.2, 0.25) is 5.02 Å². The molecule has 0 amide bonds. The second kappa shape index (κ2) is 6.79. The van der Waals surface area contributed by atoms with Gasteiger partial charge in [-0.3, -0.25) is 4.79 Å². The molecule has 138 valence electrons. The minimum atomic E-state index is -4.71. The number of ether oxygens (including phenoxy) is 2. The van der Waals surface area contributed by atoms with Gasteiger partial charge in [-0.25, -0.2) is 4.39 Å². The fraction of sp³-hybridized carbons (Fsp3) is 0.278. The molecule has 1 aliphatic carbocycles. The van der Waals surface area contributed by atoms with E-state index in [1.807, 2.05) is 0 Å². The topological polar surface area (TPSA) is 35.5 Å². The highest BCUT2D eigenvalue weighted by molar-refractivity contribution is 6.32. The highest BCUT2D eigenvalue weighted by Gasteiger charge is 2.33. The Kier molecular flexibility index (Phi) is 4.84. The second-order valence-electron chi connectivity index (χ2n) is 5.87. The normalized spacial score (nSPS) is 16.3. The van der Waals surface area contributed by atoms with Gasteiger partial charge in [-0.1, -0.05) is 17.7 Å². The maximum Gasteiger partial charge on any atom is 0.416 e. The van der Waals surface area contributed by atoms with E-state index in [9.17, 15) is 22.4 Å². The summed E-state index contributed by atoms with van der Waals surface area (Å²) in [5.41, 5.74) is 0.486. The number of benzene rings is 2. The van der Waals surface area contributed by atoms with E-state index in [0.717, 1.165) is 11.1 Å². The Labute approximate surface area is 151 Å². The Bertz CT molecular complexity index is 841. The first-order valence-electron chi connectivity index (χ1n) is 7.69. The predicted octanol–water partition coefficient (Wildman–Crippen LogP) is 5.84. The largest absolute Gasteiger partial charge is 0.458 e. The van der Waals surface area contributed by atoms with Crippen LogP contribution in [-0.4, -0.2) is 5.97 Å². The van der Waals surface area contributed by atoms with Crippen LogP contribution in [0.3, 0.4) is 0 Å². The minimum Gasteiger partial charge on any atom is -0.458 e. The highest BCUT2D eigenvalue weighted by Crippen LogP contribution is 2.41. The van der Waals surface area contributed by atoms with E-state index in [0.29, 0.717) is 25.0 Å². The van der Waals surface area contributed by atoms with Gasteiger partial charge < -0.3 is 9.47 Å². The average molecular weight is 389 g/mol. The van der Waals surface area contributed by atoms with Crippen LogP contribution in [0.15, 0.2) is 30.3 Å². The van der Waals surface area contributed by atoms with Crippen LogP contribution in [0.5, 0.6) is 11.5 Å². The van der Waals surface area contributed by atoms with Crippen molar-refractivity contribution in [2.75, 3.05) is 0 Å².